The van der Waals surface area contributed by atoms with E-state index in [0.717, 1.165) is 12.8 Å². The molecule has 3 aliphatic rings. The van der Waals surface area contributed by atoms with Crippen LogP contribution in [0.2, 0.25) is 0 Å². The molecular weight excluding hydrogens is 204 g/mol. The number of ketones is 1. The number of carbonyl (C=O) groups is 1. The van der Waals surface area contributed by atoms with Crippen LogP contribution >= 0.6 is 0 Å². The summed E-state index contributed by atoms with van der Waals surface area (Å²) in [5.41, 5.74) is 0. The molecule has 0 unspecified atom stereocenters. The maximum atomic E-state index is 11.2. The normalized spacial score (nSPS) is 37.4. The highest BCUT2D eigenvalue weighted by Gasteiger charge is 2.44. The molecule has 2 fully saturated rings. The van der Waals surface area contributed by atoms with Crippen LogP contribution in [0.25, 0.3) is 0 Å². The highest BCUT2D eigenvalue weighted by Crippen LogP contribution is 2.40. The summed E-state index contributed by atoms with van der Waals surface area (Å²) < 4.78 is 12.0. The monoisotopic (exact) mass is 222 g/mol. The zero-order valence-corrected chi connectivity index (χ0v) is 9.48. The Morgan fingerprint density at radius 1 is 1.25 bits per heavy atom. The van der Waals surface area contributed by atoms with E-state index in [-0.39, 0.29) is 23.6 Å². The maximum absolute atomic E-state index is 11.2. The third kappa shape index (κ3) is 1.82. The standard InChI is InChI=1S/C13H18O3/c14-11-5-4-10(8-11)12-9-15-13(16-12)6-2-1-3-7-13/h4-5,10,12H,1-3,6-9H2/t10-,12-/m1/s1. The van der Waals surface area contributed by atoms with E-state index >= 15 is 0 Å². The quantitative estimate of drug-likeness (QED) is 0.682. The SMILES string of the molecule is O=C1C=C[C@@H]([C@H]2COC3(CCCCC3)O2)C1. The van der Waals surface area contributed by atoms with Crippen molar-refractivity contribution in [3.05, 3.63) is 12.2 Å². The molecule has 16 heavy (non-hydrogen) atoms. The molecule has 1 spiro atoms. The zero-order chi connectivity index (χ0) is 11.0. The van der Waals surface area contributed by atoms with Crippen molar-refractivity contribution < 1.29 is 14.3 Å². The van der Waals surface area contributed by atoms with Crippen LogP contribution < -0.4 is 0 Å². The summed E-state index contributed by atoms with van der Waals surface area (Å²) in [5.74, 6) is 0.162. The molecule has 88 valence electrons. The van der Waals surface area contributed by atoms with Crippen molar-refractivity contribution in [2.24, 2.45) is 5.92 Å². The summed E-state index contributed by atoms with van der Waals surface area (Å²) in [6.07, 6.45) is 10.1. The van der Waals surface area contributed by atoms with Gasteiger partial charge in [0, 0.05) is 25.2 Å². The summed E-state index contributed by atoms with van der Waals surface area (Å²) >= 11 is 0. The number of hydrogen-bond donors (Lipinski definition) is 0. The van der Waals surface area contributed by atoms with Gasteiger partial charge in [-0.05, 0) is 18.9 Å². The third-order valence-electron chi connectivity index (χ3n) is 3.94. The average molecular weight is 222 g/mol. The van der Waals surface area contributed by atoms with Crippen LogP contribution in [0, 0.1) is 5.92 Å². The first kappa shape index (κ1) is 10.5. The molecule has 1 saturated heterocycles. The predicted molar refractivity (Wildman–Crippen MR) is 58.9 cm³/mol. The third-order valence-corrected chi connectivity index (χ3v) is 3.94. The fourth-order valence-corrected chi connectivity index (χ4v) is 3.00. The van der Waals surface area contributed by atoms with Gasteiger partial charge in [-0.2, -0.15) is 0 Å². The van der Waals surface area contributed by atoms with E-state index in [4.69, 9.17) is 9.47 Å². The minimum absolute atomic E-state index is 0.0980. The average Bonchev–Trinajstić information content (AvgIpc) is 2.87. The van der Waals surface area contributed by atoms with E-state index in [1.165, 1.54) is 19.3 Å². The second-order valence-electron chi connectivity index (χ2n) is 5.13. The van der Waals surface area contributed by atoms with E-state index < -0.39 is 0 Å². The Morgan fingerprint density at radius 3 is 2.75 bits per heavy atom. The van der Waals surface area contributed by atoms with Crippen molar-refractivity contribution in [1.29, 1.82) is 0 Å². The van der Waals surface area contributed by atoms with Gasteiger partial charge in [-0.25, -0.2) is 0 Å². The molecule has 0 radical (unpaired) electrons. The number of hydrogen-bond acceptors (Lipinski definition) is 3. The van der Waals surface area contributed by atoms with Crippen molar-refractivity contribution in [2.75, 3.05) is 6.61 Å². The molecule has 2 atom stereocenters. The Morgan fingerprint density at radius 2 is 2.06 bits per heavy atom. The van der Waals surface area contributed by atoms with Gasteiger partial charge in [-0.1, -0.05) is 12.5 Å². The van der Waals surface area contributed by atoms with Crippen LogP contribution in [-0.4, -0.2) is 24.3 Å². The van der Waals surface area contributed by atoms with Gasteiger partial charge < -0.3 is 9.47 Å². The molecule has 0 aromatic carbocycles. The highest BCUT2D eigenvalue weighted by atomic mass is 16.7. The lowest BCUT2D eigenvalue weighted by Crippen LogP contribution is -2.34. The minimum atomic E-state index is -0.303. The molecule has 3 nitrogen and oxygen atoms in total. The Balaban J connectivity index is 1.64. The molecular formula is C13H18O3. The van der Waals surface area contributed by atoms with Crippen LogP contribution in [-0.2, 0) is 14.3 Å². The van der Waals surface area contributed by atoms with Crippen LogP contribution in [0.15, 0.2) is 12.2 Å². The summed E-state index contributed by atoms with van der Waals surface area (Å²) in [7, 11) is 0. The second-order valence-corrected chi connectivity index (χ2v) is 5.13. The summed E-state index contributed by atoms with van der Waals surface area (Å²) in [6, 6.07) is 0. The molecule has 2 aliphatic carbocycles. The van der Waals surface area contributed by atoms with E-state index in [0.29, 0.717) is 13.0 Å². The molecule has 3 rings (SSSR count). The number of rotatable bonds is 1. The van der Waals surface area contributed by atoms with Crippen LogP contribution in [0.1, 0.15) is 38.5 Å². The summed E-state index contributed by atoms with van der Waals surface area (Å²) in [5, 5.41) is 0. The van der Waals surface area contributed by atoms with Gasteiger partial charge in [0.1, 0.15) is 0 Å². The van der Waals surface area contributed by atoms with Crippen molar-refractivity contribution in [3.63, 3.8) is 0 Å². The lowest BCUT2D eigenvalue weighted by Gasteiger charge is -2.32. The van der Waals surface area contributed by atoms with Gasteiger partial charge in [-0.15, -0.1) is 0 Å². The van der Waals surface area contributed by atoms with Crippen molar-refractivity contribution >= 4 is 5.78 Å². The van der Waals surface area contributed by atoms with Gasteiger partial charge in [-0.3, -0.25) is 4.79 Å². The molecule has 1 aliphatic heterocycles. The van der Waals surface area contributed by atoms with Crippen molar-refractivity contribution in [3.8, 4) is 0 Å². The van der Waals surface area contributed by atoms with E-state index in [1.54, 1.807) is 6.08 Å². The summed E-state index contributed by atoms with van der Waals surface area (Å²) in [6.45, 7) is 0.655. The van der Waals surface area contributed by atoms with Crippen molar-refractivity contribution in [1.82, 2.24) is 0 Å². The lowest BCUT2D eigenvalue weighted by molar-refractivity contribution is -0.190. The maximum Gasteiger partial charge on any atom is 0.168 e. The second kappa shape index (κ2) is 3.97. The largest absolute Gasteiger partial charge is 0.347 e. The molecule has 0 amide bonds. The zero-order valence-electron chi connectivity index (χ0n) is 9.48. The molecule has 3 heteroatoms. The van der Waals surface area contributed by atoms with Gasteiger partial charge in [0.2, 0.25) is 0 Å². The number of allylic oxidation sites excluding steroid dienone is 1. The van der Waals surface area contributed by atoms with Crippen LogP contribution in [0.4, 0.5) is 0 Å². The minimum Gasteiger partial charge on any atom is -0.347 e. The van der Waals surface area contributed by atoms with Crippen LogP contribution in [0.3, 0.4) is 0 Å². The van der Waals surface area contributed by atoms with E-state index in [2.05, 4.69) is 0 Å². The van der Waals surface area contributed by atoms with Crippen LogP contribution in [0.5, 0.6) is 0 Å². The van der Waals surface area contributed by atoms with E-state index in [1.807, 2.05) is 6.08 Å². The Hall–Kier alpha value is -0.670. The first-order valence-electron chi connectivity index (χ1n) is 6.30. The first-order chi connectivity index (χ1) is 7.77. The predicted octanol–water partition coefficient (Wildman–Crippen LogP) is 2.21. The molecule has 1 saturated carbocycles. The number of ether oxygens (including phenoxy) is 2. The molecule has 0 aromatic heterocycles. The van der Waals surface area contributed by atoms with Gasteiger partial charge in [0.05, 0.1) is 12.7 Å². The van der Waals surface area contributed by atoms with Crippen molar-refractivity contribution in [2.45, 2.75) is 50.4 Å². The molecule has 1 heterocycles. The Kier molecular flexibility index (Phi) is 2.60. The lowest BCUT2D eigenvalue weighted by atomic mass is 9.94. The van der Waals surface area contributed by atoms with E-state index in [9.17, 15) is 4.79 Å². The molecule has 0 aromatic rings. The fourth-order valence-electron chi connectivity index (χ4n) is 3.00. The Bertz CT molecular complexity index is 315. The molecule has 0 N–H and O–H groups in total. The number of carbonyl (C=O) groups excluding carboxylic acids is 1. The first-order valence-corrected chi connectivity index (χ1v) is 6.30. The van der Waals surface area contributed by atoms with Gasteiger partial charge in [0.25, 0.3) is 0 Å². The van der Waals surface area contributed by atoms with Gasteiger partial charge >= 0.3 is 0 Å². The molecule has 0 bridgehead atoms. The highest BCUT2D eigenvalue weighted by molar-refractivity contribution is 5.92. The fraction of sp³-hybridized carbons (Fsp3) is 0.769. The topological polar surface area (TPSA) is 35.5 Å². The smallest absolute Gasteiger partial charge is 0.168 e. The summed E-state index contributed by atoms with van der Waals surface area (Å²) in [4.78, 5) is 11.2. The Labute approximate surface area is 95.8 Å². The van der Waals surface area contributed by atoms with Gasteiger partial charge in [0.15, 0.2) is 11.6 Å².